The number of alkyl halides is 3. The van der Waals surface area contributed by atoms with E-state index in [1.807, 2.05) is 17.5 Å². The fraction of sp³-hybridized carbons (Fsp3) is 0.176. The van der Waals surface area contributed by atoms with E-state index in [4.69, 9.17) is 0 Å². The van der Waals surface area contributed by atoms with E-state index in [2.05, 4.69) is 10.4 Å². The highest BCUT2D eigenvalue weighted by atomic mass is 32.1. The molecule has 8 heteroatoms. The van der Waals surface area contributed by atoms with Crippen LogP contribution in [-0.2, 0) is 12.7 Å². The van der Waals surface area contributed by atoms with Gasteiger partial charge in [0.15, 0.2) is 0 Å². The van der Waals surface area contributed by atoms with E-state index in [9.17, 15) is 18.0 Å². The normalized spacial score (nSPS) is 11.5. The van der Waals surface area contributed by atoms with E-state index in [1.165, 1.54) is 34.3 Å². The molecule has 2 aromatic heterocycles. The number of rotatable bonds is 4. The molecule has 3 rings (SSSR count). The van der Waals surface area contributed by atoms with Crippen LogP contribution in [0.2, 0.25) is 0 Å². The van der Waals surface area contributed by atoms with E-state index in [0.29, 0.717) is 17.8 Å². The second-order valence-corrected chi connectivity index (χ2v) is 6.40. The summed E-state index contributed by atoms with van der Waals surface area (Å²) in [5, 5.41) is 8.76. The molecule has 0 unspecified atom stereocenters. The summed E-state index contributed by atoms with van der Waals surface area (Å²) in [7, 11) is 0. The average molecular weight is 365 g/mol. The molecular weight excluding hydrogens is 351 g/mol. The molecule has 25 heavy (non-hydrogen) atoms. The van der Waals surface area contributed by atoms with Crippen molar-refractivity contribution in [1.82, 2.24) is 15.1 Å². The van der Waals surface area contributed by atoms with Gasteiger partial charge in [-0.3, -0.25) is 4.79 Å². The number of benzene rings is 1. The van der Waals surface area contributed by atoms with Crippen LogP contribution in [0.3, 0.4) is 0 Å². The van der Waals surface area contributed by atoms with Crippen molar-refractivity contribution >= 4 is 17.2 Å². The minimum atomic E-state index is -4.43. The van der Waals surface area contributed by atoms with Crippen molar-refractivity contribution in [3.63, 3.8) is 0 Å². The van der Waals surface area contributed by atoms with Crippen LogP contribution in [-0.4, -0.2) is 15.7 Å². The number of amides is 1. The Morgan fingerprint density at radius 1 is 1.28 bits per heavy atom. The van der Waals surface area contributed by atoms with Crippen molar-refractivity contribution in [1.29, 1.82) is 0 Å². The summed E-state index contributed by atoms with van der Waals surface area (Å²) in [6.45, 7) is 2.04. The first-order valence-electron chi connectivity index (χ1n) is 7.39. The molecule has 0 fully saturated rings. The Labute approximate surface area is 145 Å². The van der Waals surface area contributed by atoms with Gasteiger partial charge in [-0.2, -0.15) is 18.3 Å². The predicted octanol–water partition coefficient (Wildman–Crippen LogP) is 4.19. The number of aromatic nitrogens is 2. The second kappa shape index (κ2) is 6.72. The van der Waals surface area contributed by atoms with Gasteiger partial charge in [-0.15, -0.1) is 11.3 Å². The Balaban J connectivity index is 1.82. The van der Waals surface area contributed by atoms with Crippen LogP contribution in [0.15, 0.2) is 48.0 Å². The number of nitrogens with zero attached hydrogens (tertiary/aromatic N) is 2. The third kappa shape index (κ3) is 3.74. The lowest BCUT2D eigenvalue weighted by Crippen LogP contribution is -2.22. The standard InChI is InChI=1S/C17H14F3N3OS/c1-11-15(16(24)21-9-14-6-3-7-25-14)10-22-23(11)13-5-2-4-12(8-13)17(18,19)20/h2-8,10H,9H2,1H3,(H,21,24). The van der Waals surface area contributed by atoms with Crippen LogP contribution >= 0.6 is 11.3 Å². The van der Waals surface area contributed by atoms with E-state index in [1.54, 1.807) is 6.92 Å². The first-order valence-corrected chi connectivity index (χ1v) is 8.27. The highest BCUT2D eigenvalue weighted by Crippen LogP contribution is 2.30. The first kappa shape index (κ1) is 17.2. The number of halogens is 3. The van der Waals surface area contributed by atoms with Gasteiger partial charge >= 0.3 is 6.18 Å². The zero-order valence-electron chi connectivity index (χ0n) is 13.2. The fourth-order valence-electron chi connectivity index (χ4n) is 2.38. The van der Waals surface area contributed by atoms with Crippen molar-refractivity contribution in [3.05, 3.63) is 69.7 Å². The second-order valence-electron chi connectivity index (χ2n) is 5.37. The van der Waals surface area contributed by atoms with Crippen molar-refractivity contribution in [3.8, 4) is 5.69 Å². The van der Waals surface area contributed by atoms with Crippen molar-refractivity contribution in [2.45, 2.75) is 19.6 Å². The summed E-state index contributed by atoms with van der Waals surface area (Å²) < 4.78 is 39.9. The zero-order chi connectivity index (χ0) is 18.0. The highest BCUT2D eigenvalue weighted by molar-refractivity contribution is 7.09. The lowest BCUT2D eigenvalue weighted by Gasteiger charge is -2.10. The summed E-state index contributed by atoms with van der Waals surface area (Å²) in [6.07, 6.45) is -3.07. The number of hydrogen-bond acceptors (Lipinski definition) is 3. The summed E-state index contributed by atoms with van der Waals surface area (Å²) in [6, 6.07) is 8.63. The molecular formula is C17H14F3N3OS. The van der Waals surface area contributed by atoms with Crippen LogP contribution in [0.1, 0.15) is 26.5 Å². The maximum absolute atomic E-state index is 12.9. The van der Waals surface area contributed by atoms with E-state index in [0.717, 1.165) is 17.0 Å². The quantitative estimate of drug-likeness (QED) is 0.754. The van der Waals surface area contributed by atoms with Gasteiger partial charge in [-0.05, 0) is 36.6 Å². The van der Waals surface area contributed by atoms with Crippen molar-refractivity contribution < 1.29 is 18.0 Å². The lowest BCUT2D eigenvalue weighted by atomic mass is 10.2. The van der Waals surface area contributed by atoms with Gasteiger partial charge < -0.3 is 5.32 Å². The summed E-state index contributed by atoms with van der Waals surface area (Å²) in [4.78, 5) is 13.3. The molecule has 4 nitrogen and oxygen atoms in total. The van der Waals surface area contributed by atoms with E-state index < -0.39 is 11.7 Å². The molecule has 0 saturated heterocycles. The Bertz CT molecular complexity index is 885. The van der Waals surface area contributed by atoms with Crippen LogP contribution in [0.5, 0.6) is 0 Å². The SMILES string of the molecule is Cc1c(C(=O)NCc2cccs2)cnn1-c1cccc(C(F)(F)F)c1. The molecule has 0 bridgehead atoms. The van der Waals surface area contributed by atoms with Crippen LogP contribution in [0.4, 0.5) is 13.2 Å². The van der Waals surface area contributed by atoms with Crippen molar-refractivity contribution in [2.75, 3.05) is 0 Å². The summed E-state index contributed by atoms with van der Waals surface area (Å²) >= 11 is 1.53. The van der Waals surface area contributed by atoms with Crippen molar-refractivity contribution in [2.24, 2.45) is 0 Å². The molecule has 0 saturated carbocycles. The molecule has 0 aliphatic carbocycles. The average Bonchev–Trinajstić information content (AvgIpc) is 3.21. The Morgan fingerprint density at radius 2 is 2.08 bits per heavy atom. The summed E-state index contributed by atoms with van der Waals surface area (Å²) in [5.74, 6) is -0.316. The Kier molecular flexibility index (Phi) is 4.63. The predicted molar refractivity (Wildman–Crippen MR) is 88.8 cm³/mol. The minimum Gasteiger partial charge on any atom is -0.347 e. The lowest BCUT2D eigenvalue weighted by molar-refractivity contribution is -0.137. The first-order chi connectivity index (χ1) is 11.9. The molecule has 0 aliphatic rings. The minimum absolute atomic E-state index is 0.254. The molecule has 2 heterocycles. The Morgan fingerprint density at radius 3 is 2.76 bits per heavy atom. The molecule has 0 spiro atoms. The van der Waals surface area contributed by atoms with Gasteiger partial charge in [0, 0.05) is 4.88 Å². The molecule has 0 aliphatic heterocycles. The van der Waals surface area contributed by atoms with Gasteiger partial charge in [-0.1, -0.05) is 12.1 Å². The number of carbonyl (C=O) groups excluding carboxylic acids is 1. The third-order valence-corrected chi connectivity index (χ3v) is 4.55. The largest absolute Gasteiger partial charge is 0.416 e. The number of hydrogen-bond donors (Lipinski definition) is 1. The molecule has 3 aromatic rings. The maximum Gasteiger partial charge on any atom is 0.416 e. The zero-order valence-corrected chi connectivity index (χ0v) is 14.0. The number of carbonyl (C=O) groups is 1. The third-order valence-electron chi connectivity index (χ3n) is 3.68. The Hall–Kier alpha value is -2.61. The molecule has 0 atom stereocenters. The summed E-state index contributed by atoms with van der Waals surface area (Å²) in [5.41, 5.74) is 0.296. The number of thiophene rings is 1. The smallest absolute Gasteiger partial charge is 0.347 e. The van der Waals surface area contributed by atoms with Gasteiger partial charge in [0.05, 0.1) is 35.2 Å². The van der Waals surface area contributed by atoms with Gasteiger partial charge in [0.25, 0.3) is 5.91 Å². The van der Waals surface area contributed by atoms with Crippen LogP contribution in [0.25, 0.3) is 5.69 Å². The topological polar surface area (TPSA) is 46.9 Å². The van der Waals surface area contributed by atoms with E-state index >= 15 is 0 Å². The van der Waals surface area contributed by atoms with Gasteiger partial charge in [0.1, 0.15) is 0 Å². The van der Waals surface area contributed by atoms with Crippen LogP contribution in [0, 0.1) is 6.92 Å². The molecule has 1 amide bonds. The monoisotopic (exact) mass is 365 g/mol. The fourth-order valence-corrected chi connectivity index (χ4v) is 3.03. The van der Waals surface area contributed by atoms with Gasteiger partial charge in [-0.25, -0.2) is 4.68 Å². The molecule has 0 radical (unpaired) electrons. The maximum atomic E-state index is 12.9. The molecule has 1 N–H and O–H groups in total. The number of nitrogens with one attached hydrogen (secondary N) is 1. The van der Waals surface area contributed by atoms with E-state index in [-0.39, 0.29) is 11.6 Å². The highest BCUT2D eigenvalue weighted by Gasteiger charge is 2.30. The molecule has 1 aromatic carbocycles. The van der Waals surface area contributed by atoms with Crippen LogP contribution < -0.4 is 5.32 Å². The van der Waals surface area contributed by atoms with Gasteiger partial charge in [0.2, 0.25) is 0 Å². The molecule has 130 valence electrons.